The molecule has 28 heavy (non-hydrogen) atoms. The molecule has 1 aromatic heterocycles. The van der Waals surface area contributed by atoms with Crippen LogP contribution in [0.3, 0.4) is 0 Å². The lowest BCUT2D eigenvalue weighted by Crippen LogP contribution is -2.42. The highest BCUT2D eigenvalue weighted by atomic mass is 16.5. The third-order valence-corrected chi connectivity index (χ3v) is 5.29. The number of para-hydroxylation sites is 2. The number of aromatic nitrogens is 1. The third kappa shape index (κ3) is 4.90. The first-order chi connectivity index (χ1) is 13.9. The monoisotopic (exact) mass is 373 g/mol. The van der Waals surface area contributed by atoms with Crippen LogP contribution < -0.4 is 15.0 Å². The van der Waals surface area contributed by atoms with Crippen molar-refractivity contribution in [2.24, 2.45) is 0 Å². The zero-order valence-electron chi connectivity index (χ0n) is 16.1. The van der Waals surface area contributed by atoms with Gasteiger partial charge in [0.1, 0.15) is 12.4 Å². The topological polar surface area (TPSA) is 37.4 Å². The zero-order valence-corrected chi connectivity index (χ0v) is 16.1. The van der Waals surface area contributed by atoms with Gasteiger partial charge in [0.2, 0.25) is 0 Å². The van der Waals surface area contributed by atoms with Gasteiger partial charge >= 0.3 is 0 Å². The lowest BCUT2D eigenvalue weighted by Gasteiger charge is -2.34. The smallest absolute Gasteiger partial charge is 0.124 e. The van der Waals surface area contributed by atoms with E-state index in [9.17, 15) is 0 Å². The summed E-state index contributed by atoms with van der Waals surface area (Å²) in [5.74, 6) is 0.945. The predicted octanol–water partition coefficient (Wildman–Crippen LogP) is 4.42. The highest BCUT2D eigenvalue weighted by Gasteiger charge is 2.19. The number of rotatable bonds is 7. The highest BCUT2D eigenvalue weighted by molar-refractivity contribution is 5.46. The van der Waals surface area contributed by atoms with Crippen molar-refractivity contribution in [3.8, 4) is 5.75 Å². The van der Waals surface area contributed by atoms with E-state index in [1.54, 1.807) is 6.20 Å². The van der Waals surface area contributed by atoms with Gasteiger partial charge in [-0.3, -0.25) is 4.98 Å². The van der Waals surface area contributed by atoms with Crippen molar-refractivity contribution in [2.45, 2.75) is 32.0 Å². The fourth-order valence-corrected chi connectivity index (χ4v) is 3.67. The van der Waals surface area contributed by atoms with Gasteiger partial charge in [0, 0.05) is 54.9 Å². The third-order valence-electron chi connectivity index (χ3n) is 5.29. The fourth-order valence-electron chi connectivity index (χ4n) is 3.67. The summed E-state index contributed by atoms with van der Waals surface area (Å²) < 4.78 is 6.05. The Morgan fingerprint density at radius 3 is 2.50 bits per heavy atom. The summed E-state index contributed by atoms with van der Waals surface area (Å²) in [5, 5.41) is 3.73. The molecule has 0 amide bonds. The number of benzene rings is 2. The van der Waals surface area contributed by atoms with Crippen LogP contribution in [0.1, 0.15) is 24.0 Å². The number of hydrogen-bond acceptors (Lipinski definition) is 4. The van der Waals surface area contributed by atoms with E-state index >= 15 is 0 Å². The second-order valence-electron chi connectivity index (χ2n) is 7.24. The molecule has 3 aromatic rings. The average Bonchev–Trinajstić information content (AvgIpc) is 2.78. The SMILES string of the molecule is c1ccc(N2CCC(NCc3ccccc3OCc3cccnc3)CC2)cc1. The summed E-state index contributed by atoms with van der Waals surface area (Å²) >= 11 is 0. The van der Waals surface area contributed by atoms with Crippen molar-refractivity contribution >= 4 is 5.69 Å². The van der Waals surface area contributed by atoms with Crippen molar-refractivity contribution < 1.29 is 4.74 Å². The van der Waals surface area contributed by atoms with Crippen LogP contribution in [0.2, 0.25) is 0 Å². The van der Waals surface area contributed by atoms with Gasteiger partial charge in [-0.05, 0) is 37.1 Å². The van der Waals surface area contributed by atoms with E-state index in [2.05, 4.69) is 57.7 Å². The maximum atomic E-state index is 6.05. The standard InChI is InChI=1S/C24H27N3O/c1-2-9-23(10-3-1)27-15-12-22(13-16-27)26-18-21-8-4-5-11-24(21)28-19-20-7-6-14-25-17-20/h1-11,14,17,22,26H,12-13,15-16,18-19H2. The Morgan fingerprint density at radius 1 is 0.929 bits per heavy atom. The number of piperidine rings is 1. The van der Waals surface area contributed by atoms with E-state index < -0.39 is 0 Å². The lowest BCUT2D eigenvalue weighted by atomic mass is 10.0. The van der Waals surface area contributed by atoms with Gasteiger partial charge in [0.15, 0.2) is 0 Å². The Balaban J connectivity index is 1.28. The van der Waals surface area contributed by atoms with E-state index in [1.165, 1.54) is 11.3 Å². The molecule has 1 aliphatic heterocycles. The molecule has 1 N–H and O–H groups in total. The minimum atomic E-state index is 0.542. The second-order valence-corrected chi connectivity index (χ2v) is 7.24. The first-order valence-electron chi connectivity index (χ1n) is 10.0. The molecule has 1 aliphatic rings. The predicted molar refractivity (Wildman–Crippen MR) is 114 cm³/mol. The molecule has 1 saturated heterocycles. The zero-order chi connectivity index (χ0) is 19.0. The molecular weight excluding hydrogens is 346 g/mol. The van der Waals surface area contributed by atoms with E-state index in [0.717, 1.165) is 43.8 Å². The number of pyridine rings is 1. The normalized spacial score (nSPS) is 14.8. The van der Waals surface area contributed by atoms with Crippen molar-refractivity contribution in [3.05, 3.63) is 90.3 Å². The summed E-state index contributed by atoms with van der Waals surface area (Å²) in [4.78, 5) is 6.62. The minimum absolute atomic E-state index is 0.542. The number of hydrogen-bond donors (Lipinski definition) is 1. The van der Waals surface area contributed by atoms with Crippen LogP contribution in [0.15, 0.2) is 79.1 Å². The number of nitrogens with one attached hydrogen (secondary N) is 1. The Kier molecular flexibility index (Phi) is 6.20. The Hall–Kier alpha value is -2.85. The van der Waals surface area contributed by atoms with Crippen LogP contribution in [-0.4, -0.2) is 24.1 Å². The van der Waals surface area contributed by atoms with Gasteiger partial charge in [-0.2, -0.15) is 0 Å². The van der Waals surface area contributed by atoms with Crippen LogP contribution in [-0.2, 0) is 13.2 Å². The molecule has 0 unspecified atom stereocenters. The molecule has 2 heterocycles. The molecule has 0 radical (unpaired) electrons. The van der Waals surface area contributed by atoms with Crippen molar-refractivity contribution in [3.63, 3.8) is 0 Å². The molecular formula is C24H27N3O. The molecule has 0 saturated carbocycles. The van der Waals surface area contributed by atoms with Gasteiger partial charge in [-0.15, -0.1) is 0 Å². The van der Waals surface area contributed by atoms with Crippen LogP contribution in [0.5, 0.6) is 5.75 Å². The first-order valence-corrected chi connectivity index (χ1v) is 10.0. The van der Waals surface area contributed by atoms with Crippen molar-refractivity contribution in [2.75, 3.05) is 18.0 Å². The minimum Gasteiger partial charge on any atom is -0.489 e. The average molecular weight is 374 g/mol. The van der Waals surface area contributed by atoms with Crippen LogP contribution in [0.25, 0.3) is 0 Å². The lowest BCUT2D eigenvalue weighted by molar-refractivity contribution is 0.300. The largest absolute Gasteiger partial charge is 0.489 e. The molecule has 4 rings (SSSR count). The first kappa shape index (κ1) is 18.5. The van der Waals surface area contributed by atoms with E-state index in [1.807, 2.05) is 30.5 Å². The van der Waals surface area contributed by atoms with Gasteiger partial charge in [0.25, 0.3) is 0 Å². The van der Waals surface area contributed by atoms with E-state index in [-0.39, 0.29) is 0 Å². The summed E-state index contributed by atoms with van der Waals surface area (Å²) in [6, 6.07) is 23.5. The number of anilines is 1. The maximum Gasteiger partial charge on any atom is 0.124 e. The molecule has 0 aliphatic carbocycles. The Morgan fingerprint density at radius 2 is 1.71 bits per heavy atom. The molecule has 0 spiro atoms. The second kappa shape index (κ2) is 9.38. The molecule has 0 atom stereocenters. The van der Waals surface area contributed by atoms with Crippen LogP contribution >= 0.6 is 0 Å². The van der Waals surface area contributed by atoms with Gasteiger partial charge in [0.05, 0.1) is 0 Å². The maximum absolute atomic E-state index is 6.05. The molecule has 0 bridgehead atoms. The quantitative estimate of drug-likeness (QED) is 0.665. The van der Waals surface area contributed by atoms with Crippen molar-refractivity contribution in [1.29, 1.82) is 0 Å². The molecule has 4 heteroatoms. The number of ether oxygens (including phenoxy) is 1. The van der Waals surface area contributed by atoms with Gasteiger partial charge in [-0.25, -0.2) is 0 Å². The van der Waals surface area contributed by atoms with E-state index in [4.69, 9.17) is 4.74 Å². The summed E-state index contributed by atoms with van der Waals surface area (Å²) in [7, 11) is 0. The summed E-state index contributed by atoms with van der Waals surface area (Å²) in [5.41, 5.74) is 3.62. The molecule has 144 valence electrons. The van der Waals surface area contributed by atoms with E-state index in [0.29, 0.717) is 12.6 Å². The summed E-state index contributed by atoms with van der Waals surface area (Å²) in [6.45, 7) is 3.57. The molecule has 1 fully saturated rings. The summed E-state index contributed by atoms with van der Waals surface area (Å²) in [6.07, 6.45) is 5.95. The molecule has 2 aromatic carbocycles. The van der Waals surface area contributed by atoms with Crippen LogP contribution in [0.4, 0.5) is 5.69 Å². The van der Waals surface area contributed by atoms with Crippen LogP contribution in [0, 0.1) is 0 Å². The molecule has 4 nitrogen and oxygen atoms in total. The Labute approximate surface area is 167 Å². The van der Waals surface area contributed by atoms with Gasteiger partial charge in [-0.1, -0.05) is 42.5 Å². The highest BCUT2D eigenvalue weighted by Crippen LogP contribution is 2.22. The van der Waals surface area contributed by atoms with Gasteiger partial charge < -0.3 is 15.0 Å². The van der Waals surface area contributed by atoms with Crippen molar-refractivity contribution in [1.82, 2.24) is 10.3 Å². The Bertz CT molecular complexity index is 846. The number of nitrogens with zero attached hydrogens (tertiary/aromatic N) is 2. The fraction of sp³-hybridized carbons (Fsp3) is 0.292.